The number of hydrogen-bond donors (Lipinski definition) is 1. The van der Waals surface area contributed by atoms with Gasteiger partial charge in [0.05, 0.1) is 5.69 Å². The molecule has 0 saturated heterocycles. The molecule has 0 aromatic carbocycles. The first-order valence-electron chi connectivity index (χ1n) is 8.15. The van der Waals surface area contributed by atoms with E-state index in [0.29, 0.717) is 9.97 Å². The van der Waals surface area contributed by atoms with Gasteiger partial charge in [-0.3, -0.25) is 0 Å². The van der Waals surface area contributed by atoms with Gasteiger partial charge in [0.1, 0.15) is 4.21 Å². The molecule has 7 heteroatoms. The standard InChI is InChI=1S/C16H22N2O3S2/c1-2-13-10-15(21-17-13)12-9-16(22-11-12)23(19,20)18-14-7-5-3-4-6-8-14/h9-11,14,18H,2-8H2,1H3. The number of aryl methyl sites for hydroxylation is 1. The monoisotopic (exact) mass is 354 g/mol. The SMILES string of the molecule is CCc1cc(-c2csc(S(=O)(=O)NC3CCCCCC3)c2)on1. The van der Waals surface area contributed by atoms with Crippen molar-refractivity contribution in [3.05, 3.63) is 23.2 Å². The highest BCUT2D eigenvalue weighted by Gasteiger charge is 2.23. The molecule has 0 unspecified atom stereocenters. The molecule has 1 aliphatic carbocycles. The van der Waals surface area contributed by atoms with E-state index in [9.17, 15) is 8.42 Å². The van der Waals surface area contributed by atoms with Gasteiger partial charge in [0.15, 0.2) is 5.76 Å². The Morgan fingerprint density at radius 2 is 2.00 bits per heavy atom. The van der Waals surface area contributed by atoms with Gasteiger partial charge in [-0.2, -0.15) is 0 Å². The number of sulfonamides is 1. The lowest BCUT2D eigenvalue weighted by Crippen LogP contribution is -2.33. The van der Waals surface area contributed by atoms with Crippen molar-refractivity contribution in [2.24, 2.45) is 0 Å². The molecule has 2 aromatic heterocycles. The van der Waals surface area contributed by atoms with Crippen LogP contribution in [0.25, 0.3) is 11.3 Å². The van der Waals surface area contributed by atoms with Crippen molar-refractivity contribution in [2.45, 2.75) is 62.1 Å². The molecule has 0 spiro atoms. The molecule has 1 saturated carbocycles. The van der Waals surface area contributed by atoms with Crippen LogP contribution in [0.3, 0.4) is 0 Å². The average Bonchev–Trinajstić information content (AvgIpc) is 3.13. The second kappa shape index (κ2) is 7.15. The second-order valence-electron chi connectivity index (χ2n) is 6.00. The third-order valence-corrected chi connectivity index (χ3v) is 7.18. The molecule has 1 fully saturated rings. The van der Waals surface area contributed by atoms with Crippen molar-refractivity contribution in [1.82, 2.24) is 9.88 Å². The maximum Gasteiger partial charge on any atom is 0.250 e. The molecule has 0 atom stereocenters. The largest absolute Gasteiger partial charge is 0.356 e. The van der Waals surface area contributed by atoms with E-state index in [2.05, 4.69) is 9.88 Å². The first-order chi connectivity index (χ1) is 11.1. The normalized spacial score (nSPS) is 17.3. The van der Waals surface area contributed by atoms with E-state index in [0.717, 1.165) is 43.4 Å². The summed E-state index contributed by atoms with van der Waals surface area (Å²) in [5.41, 5.74) is 1.63. The van der Waals surface area contributed by atoms with Gasteiger partial charge in [-0.05, 0) is 25.3 Å². The van der Waals surface area contributed by atoms with Crippen molar-refractivity contribution in [3.8, 4) is 11.3 Å². The number of nitrogens with zero attached hydrogens (tertiary/aromatic N) is 1. The predicted molar refractivity (Wildman–Crippen MR) is 91.0 cm³/mol. The van der Waals surface area contributed by atoms with Crippen molar-refractivity contribution in [1.29, 1.82) is 0 Å². The maximum absolute atomic E-state index is 12.6. The molecule has 23 heavy (non-hydrogen) atoms. The molecule has 5 nitrogen and oxygen atoms in total. The van der Waals surface area contributed by atoms with E-state index < -0.39 is 10.0 Å². The number of hydrogen-bond acceptors (Lipinski definition) is 5. The van der Waals surface area contributed by atoms with Crippen molar-refractivity contribution < 1.29 is 12.9 Å². The first-order valence-corrected chi connectivity index (χ1v) is 10.5. The summed E-state index contributed by atoms with van der Waals surface area (Å²) < 4.78 is 33.6. The van der Waals surface area contributed by atoms with E-state index in [-0.39, 0.29) is 6.04 Å². The lowest BCUT2D eigenvalue weighted by atomic mass is 10.1. The highest BCUT2D eigenvalue weighted by atomic mass is 32.2. The Morgan fingerprint density at radius 1 is 1.26 bits per heavy atom. The number of nitrogens with one attached hydrogen (secondary N) is 1. The fourth-order valence-corrected chi connectivity index (χ4v) is 5.37. The lowest BCUT2D eigenvalue weighted by Gasteiger charge is -2.15. The van der Waals surface area contributed by atoms with Gasteiger partial charge in [-0.25, -0.2) is 13.1 Å². The third-order valence-electron chi connectivity index (χ3n) is 4.22. The van der Waals surface area contributed by atoms with Crippen LogP contribution in [0.5, 0.6) is 0 Å². The zero-order valence-corrected chi connectivity index (χ0v) is 14.9. The van der Waals surface area contributed by atoms with E-state index in [1.165, 1.54) is 24.2 Å². The molecular weight excluding hydrogens is 332 g/mol. The summed E-state index contributed by atoms with van der Waals surface area (Å²) in [5.74, 6) is 0.619. The van der Waals surface area contributed by atoms with Crippen LogP contribution >= 0.6 is 11.3 Å². The van der Waals surface area contributed by atoms with Gasteiger partial charge in [-0.1, -0.05) is 37.8 Å². The molecule has 126 valence electrons. The fourth-order valence-electron chi connectivity index (χ4n) is 2.88. The minimum atomic E-state index is -3.46. The topological polar surface area (TPSA) is 72.2 Å². The maximum atomic E-state index is 12.6. The van der Waals surface area contributed by atoms with Gasteiger partial charge in [0.25, 0.3) is 0 Å². The number of rotatable bonds is 5. The summed E-state index contributed by atoms with van der Waals surface area (Å²) in [5, 5.41) is 5.76. The Morgan fingerprint density at radius 3 is 2.65 bits per heavy atom. The minimum absolute atomic E-state index is 0.0602. The van der Waals surface area contributed by atoms with E-state index in [1.54, 1.807) is 6.07 Å². The summed E-state index contributed by atoms with van der Waals surface area (Å²) in [6.07, 6.45) is 7.25. The number of aromatic nitrogens is 1. The zero-order chi connectivity index (χ0) is 16.3. The Balaban J connectivity index is 1.75. The number of thiophene rings is 1. The Kier molecular flexibility index (Phi) is 5.18. The molecular formula is C16H22N2O3S2. The third kappa shape index (κ3) is 4.02. The van der Waals surface area contributed by atoms with Gasteiger partial charge >= 0.3 is 0 Å². The average molecular weight is 354 g/mol. The van der Waals surface area contributed by atoms with Crippen molar-refractivity contribution in [3.63, 3.8) is 0 Å². The van der Waals surface area contributed by atoms with Crippen LogP contribution in [0.2, 0.25) is 0 Å². The predicted octanol–water partition coefficient (Wildman–Crippen LogP) is 3.97. The Bertz CT molecular complexity index is 741. The highest BCUT2D eigenvalue weighted by Crippen LogP contribution is 2.30. The summed E-state index contributed by atoms with van der Waals surface area (Å²) in [6, 6.07) is 3.59. The van der Waals surface area contributed by atoms with E-state index in [4.69, 9.17) is 4.52 Å². The molecule has 0 amide bonds. The molecule has 2 heterocycles. The molecule has 1 aliphatic rings. The summed E-state index contributed by atoms with van der Waals surface area (Å²) in [7, 11) is -3.46. The summed E-state index contributed by atoms with van der Waals surface area (Å²) in [6.45, 7) is 2.00. The van der Waals surface area contributed by atoms with Crippen LogP contribution in [-0.2, 0) is 16.4 Å². The Labute approximate surface area is 141 Å². The quantitative estimate of drug-likeness (QED) is 0.825. The van der Waals surface area contributed by atoms with E-state index in [1.807, 2.05) is 18.4 Å². The molecule has 2 aromatic rings. The molecule has 0 aliphatic heterocycles. The first kappa shape index (κ1) is 16.7. The van der Waals surface area contributed by atoms with Gasteiger partial charge in [0.2, 0.25) is 10.0 Å². The smallest absolute Gasteiger partial charge is 0.250 e. The van der Waals surface area contributed by atoms with E-state index >= 15 is 0 Å². The lowest BCUT2D eigenvalue weighted by molar-refractivity contribution is 0.424. The van der Waals surface area contributed by atoms with Crippen LogP contribution in [0, 0.1) is 0 Å². The molecule has 3 rings (SSSR count). The van der Waals surface area contributed by atoms with Crippen LogP contribution in [-0.4, -0.2) is 19.6 Å². The van der Waals surface area contributed by atoms with Gasteiger partial charge in [0, 0.05) is 23.1 Å². The molecule has 1 N–H and O–H groups in total. The zero-order valence-electron chi connectivity index (χ0n) is 13.2. The van der Waals surface area contributed by atoms with Crippen LogP contribution in [0.4, 0.5) is 0 Å². The van der Waals surface area contributed by atoms with Gasteiger partial charge < -0.3 is 4.52 Å². The van der Waals surface area contributed by atoms with Crippen LogP contribution in [0.1, 0.15) is 51.1 Å². The van der Waals surface area contributed by atoms with Crippen LogP contribution < -0.4 is 4.72 Å². The summed E-state index contributed by atoms with van der Waals surface area (Å²) >= 11 is 1.22. The highest BCUT2D eigenvalue weighted by molar-refractivity contribution is 7.91. The molecule has 0 bridgehead atoms. The van der Waals surface area contributed by atoms with Crippen molar-refractivity contribution in [2.75, 3.05) is 0 Å². The Hall–Kier alpha value is -1.18. The van der Waals surface area contributed by atoms with Gasteiger partial charge in [-0.15, -0.1) is 11.3 Å². The fraction of sp³-hybridized carbons (Fsp3) is 0.562. The molecule has 0 radical (unpaired) electrons. The van der Waals surface area contributed by atoms with Crippen molar-refractivity contribution >= 4 is 21.4 Å². The van der Waals surface area contributed by atoms with Crippen LogP contribution in [0.15, 0.2) is 26.2 Å². The second-order valence-corrected chi connectivity index (χ2v) is 8.85. The summed E-state index contributed by atoms with van der Waals surface area (Å²) in [4.78, 5) is 0. The minimum Gasteiger partial charge on any atom is -0.356 e.